The van der Waals surface area contributed by atoms with E-state index in [1.807, 2.05) is 6.92 Å². The van der Waals surface area contributed by atoms with Crippen LogP contribution < -0.4 is 5.73 Å². The van der Waals surface area contributed by atoms with Crippen LogP contribution in [0.2, 0.25) is 10.4 Å². The number of halogens is 2. The van der Waals surface area contributed by atoms with E-state index in [1.54, 1.807) is 18.3 Å². The lowest BCUT2D eigenvalue weighted by molar-refractivity contribution is 1.14. The smallest absolute Gasteiger partial charge is 0.224 e. The van der Waals surface area contributed by atoms with Gasteiger partial charge in [0.15, 0.2) is 0 Å². The fourth-order valence-corrected chi connectivity index (χ4v) is 1.75. The lowest BCUT2D eigenvalue weighted by Gasteiger charge is -2.05. The lowest BCUT2D eigenvalue weighted by Crippen LogP contribution is -1.95. The van der Waals surface area contributed by atoms with Gasteiger partial charge in [0.25, 0.3) is 0 Å². The lowest BCUT2D eigenvalue weighted by atomic mass is 10.1. The van der Waals surface area contributed by atoms with E-state index >= 15 is 0 Å². The molecule has 0 unspecified atom stereocenters. The summed E-state index contributed by atoms with van der Waals surface area (Å²) in [5.41, 5.74) is 8.45. The van der Waals surface area contributed by atoms with Gasteiger partial charge in [-0.1, -0.05) is 11.6 Å². The summed E-state index contributed by atoms with van der Waals surface area (Å²) in [7, 11) is 0. The Morgan fingerprint density at radius 2 is 1.94 bits per heavy atom. The molecule has 0 saturated carbocycles. The Kier molecular flexibility index (Phi) is 2.94. The third-order valence-corrected chi connectivity index (χ3v) is 2.41. The molecule has 0 radical (unpaired) electrons. The van der Waals surface area contributed by atoms with Crippen LogP contribution in [-0.2, 0) is 0 Å². The van der Waals surface area contributed by atoms with Gasteiger partial charge in [0.1, 0.15) is 5.15 Å². The topological polar surface area (TPSA) is 64.7 Å². The van der Waals surface area contributed by atoms with Crippen LogP contribution in [-0.4, -0.2) is 15.0 Å². The number of nitrogens with two attached hydrogens (primary N) is 1. The van der Waals surface area contributed by atoms with Crippen molar-refractivity contribution >= 4 is 28.9 Å². The minimum absolute atomic E-state index is 0.101. The fraction of sp³-hybridized carbons (Fsp3) is 0.100. The zero-order valence-corrected chi connectivity index (χ0v) is 9.92. The van der Waals surface area contributed by atoms with Gasteiger partial charge in [-0.15, -0.1) is 0 Å². The highest BCUT2D eigenvalue weighted by Crippen LogP contribution is 2.25. The third kappa shape index (κ3) is 2.23. The molecule has 0 atom stereocenters. The van der Waals surface area contributed by atoms with Gasteiger partial charge in [0, 0.05) is 17.3 Å². The Labute approximate surface area is 102 Å². The van der Waals surface area contributed by atoms with E-state index in [4.69, 9.17) is 28.9 Å². The summed E-state index contributed by atoms with van der Waals surface area (Å²) in [6.07, 6.45) is 1.59. The Morgan fingerprint density at radius 1 is 1.19 bits per heavy atom. The first-order chi connectivity index (χ1) is 7.56. The van der Waals surface area contributed by atoms with E-state index in [9.17, 15) is 0 Å². The van der Waals surface area contributed by atoms with Crippen molar-refractivity contribution in [2.75, 3.05) is 5.73 Å². The van der Waals surface area contributed by atoms with Crippen molar-refractivity contribution in [2.24, 2.45) is 0 Å². The van der Waals surface area contributed by atoms with Gasteiger partial charge >= 0.3 is 0 Å². The van der Waals surface area contributed by atoms with Crippen LogP contribution in [0.3, 0.4) is 0 Å². The van der Waals surface area contributed by atoms with Crippen LogP contribution >= 0.6 is 23.2 Å². The number of pyridine rings is 1. The number of nitrogen functional groups attached to an aromatic ring is 1. The highest BCUT2D eigenvalue weighted by atomic mass is 35.5. The minimum atomic E-state index is 0.101. The predicted octanol–water partition coefficient (Wildman–Crippen LogP) is 2.74. The van der Waals surface area contributed by atoms with Crippen LogP contribution in [0.25, 0.3) is 11.3 Å². The van der Waals surface area contributed by atoms with Gasteiger partial charge in [0.2, 0.25) is 5.28 Å². The molecule has 0 aliphatic carbocycles. The first-order valence-corrected chi connectivity index (χ1v) is 5.24. The third-order valence-electron chi connectivity index (χ3n) is 2.05. The van der Waals surface area contributed by atoms with E-state index < -0.39 is 0 Å². The average molecular weight is 255 g/mol. The van der Waals surface area contributed by atoms with E-state index in [-0.39, 0.29) is 10.4 Å². The van der Waals surface area contributed by atoms with Gasteiger partial charge in [-0.2, -0.15) is 0 Å². The van der Waals surface area contributed by atoms with Crippen molar-refractivity contribution < 1.29 is 0 Å². The first kappa shape index (κ1) is 11.1. The molecule has 0 spiro atoms. The number of aryl methyl sites for hydroxylation is 1. The molecule has 0 saturated heterocycles. The molecule has 2 N–H and O–H groups in total. The SMILES string of the molecule is Cc1ncc(N)cc1-c1cc(Cl)nc(Cl)n1. The summed E-state index contributed by atoms with van der Waals surface area (Å²) in [4.78, 5) is 12.0. The maximum absolute atomic E-state index is 5.80. The molecule has 2 heterocycles. The Morgan fingerprint density at radius 3 is 2.62 bits per heavy atom. The predicted molar refractivity (Wildman–Crippen MR) is 64.4 cm³/mol. The van der Waals surface area contributed by atoms with Gasteiger partial charge in [-0.25, -0.2) is 9.97 Å². The second-order valence-electron chi connectivity index (χ2n) is 3.25. The molecular formula is C10H8Cl2N4. The fourth-order valence-electron chi connectivity index (χ4n) is 1.34. The van der Waals surface area contributed by atoms with Gasteiger partial charge in [0.05, 0.1) is 17.6 Å². The molecule has 0 fully saturated rings. The number of nitrogens with zero attached hydrogens (tertiary/aromatic N) is 3. The molecule has 16 heavy (non-hydrogen) atoms. The minimum Gasteiger partial charge on any atom is -0.397 e. The van der Waals surface area contributed by atoms with Gasteiger partial charge in [-0.3, -0.25) is 4.98 Å². The summed E-state index contributed by atoms with van der Waals surface area (Å²) in [5, 5.41) is 0.390. The van der Waals surface area contributed by atoms with Crippen LogP contribution in [0.5, 0.6) is 0 Å². The second-order valence-corrected chi connectivity index (χ2v) is 3.97. The molecule has 2 aromatic rings. The monoisotopic (exact) mass is 254 g/mol. The van der Waals surface area contributed by atoms with Crippen LogP contribution in [0.1, 0.15) is 5.69 Å². The number of hydrogen-bond donors (Lipinski definition) is 1. The van der Waals surface area contributed by atoms with E-state index in [0.29, 0.717) is 11.4 Å². The van der Waals surface area contributed by atoms with E-state index in [1.165, 1.54) is 0 Å². The highest BCUT2D eigenvalue weighted by molar-refractivity contribution is 6.32. The van der Waals surface area contributed by atoms with Crippen molar-refractivity contribution in [2.45, 2.75) is 6.92 Å². The molecule has 0 aliphatic rings. The van der Waals surface area contributed by atoms with Crippen molar-refractivity contribution in [3.63, 3.8) is 0 Å². The molecule has 82 valence electrons. The summed E-state index contributed by atoms with van der Waals surface area (Å²) < 4.78 is 0. The van der Waals surface area contributed by atoms with Crippen LogP contribution in [0.15, 0.2) is 18.3 Å². The largest absolute Gasteiger partial charge is 0.397 e. The number of hydrogen-bond acceptors (Lipinski definition) is 4. The molecule has 0 aliphatic heterocycles. The quantitative estimate of drug-likeness (QED) is 0.628. The Bertz CT molecular complexity index is 522. The summed E-state index contributed by atoms with van der Waals surface area (Å²) >= 11 is 11.5. The Hall–Kier alpha value is -1.39. The molecule has 0 bridgehead atoms. The molecule has 0 amide bonds. The molecule has 0 aromatic carbocycles. The molecule has 6 heteroatoms. The molecule has 2 aromatic heterocycles. The summed E-state index contributed by atoms with van der Waals surface area (Å²) in [5.74, 6) is 0. The van der Waals surface area contributed by atoms with Crippen molar-refractivity contribution in [1.29, 1.82) is 0 Å². The second kappa shape index (κ2) is 4.23. The van der Waals surface area contributed by atoms with Crippen molar-refractivity contribution in [3.05, 3.63) is 34.5 Å². The van der Waals surface area contributed by atoms with Crippen molar-refractivity contribution in [1.82, 2.24) is 15.0 Å². The first-order valence-electron chi connectivity index (χ1n) is 4.49. The van der Waals surface area contributed by atoms with Crippen LogP contribution in [0.4, 0.5) is 5.69 Å². The van der Waals surface area contributed by atoms with Gasteiger partial charge in [-0.05, 0) is 24.6 Å². The summed E-state index contributed by atoms with van der Waals surface area (Å²) in [6, 6.07) is 3.40. The standard InChI is InChI=1S/C10H8Cl2N4/c1-5-7(2-6(13)4-14-5)8-3-9(11)16-10(12)15-8/h2-4H,13H2,1H3. The number of rotatable bonds is 1. The maximum atomic E-state index is 5.80. The normalized spacial score (nSPS) is 10.4. The van der Waals surface area contributed by atoms with E-state index in [2.05, 4.69) is 15.0 Å². The average Bonchev–Trinajstić information content (AvgIpc) is 2.20. The summed E-state index contributed by atoms with van der Waals surface area (Å²) in [6.45, 7) is 1.86. The van der Waals surface area contributed by atoms with Crippen molar-refractivity contribution in [3.8, 4) is 11.3 Å². The molecule has 2 rings (SSSR count). The molecule has 4 nitrogen and oxygen atoms in total. The molecular weight excluding hydrogens is 247 g/mol. The highest BCUT2D eigenvalue weighted by Gasteiger charge is 2.08. The maximum Gasteiger partial charge on any atom is 0.224 e. The van der Waals surface area contributed by atoms with Crippen LogP contribution in [0, 0.1) is 6.92 Å². The number of anilines is 1. The zero-order valence-electron chi connectivity index (χ0n) is 8.41. The zero-order chi connectivity index (χ0) is 11.7. The van der Waals surface area contributed by atoms with Gasteiger partial charge < -0.3 is 5.73 Å². The van der Waals surface area contributed by atoms with E-state index in [0.717, 1.165) is 11.3 Å². The Balaban J connectivity index is 2.62. The number of aromatic nitrogens is 3.